The van der Waals surface area contributed by atoms with Crippen LogP contribution in [0.4, 0.5) is 13.2 Å². The molecule has 1 aromatic carbocycles. The summed E-state index contributed by atoms with van der Waals surface area (Å²) >= 11 is 0. The van der Waals surface area contributed by atoms with Crippen molar-refractivity contribution >= 4 is 0 Å². The largest absolute Gasteiger partial charge is 0.459 e. The Hall–Kier alpha value is -1.75. The van der Waals surface area contributed by atoms with E-state index in [0.717, 1.165) is 0 Å². The summed E-state index contributed by atoms with van der Waals surface area (Å²) in [4.78, 5) is 0. The lowest BCUT2D eigenvalue weighted by Crippen LogP contribution is -2.11. The number of nitrogens with one attached hydrogen (secondary N) is 1. The molecule has 1 heterocycles. The van der Waals surface area contributed by atoms with Crippen LogP contribution in [-0.4, -0.2) is 7.05 Å². The van der Waals surface area contributed by atoms with Crippen molar-refractivity contribution in [1.82, 2.24) is 5.32 Å². The molecule has 2 nitrogen and oxygen atoms in total. The van der Waals surface area contributed by atoms with Gasteiger partial charge in [-0.1, -0.05) is 0 Å². The van der Waals surface area contributed by atoms with E-state index in [1.807, 2.05) is 6.92 Å². The van der Waals surface area contributed by atoms with Crippen molar-refractivity contribution in [3.8, 4) is 11.3 Å². The summed E-state index contributed by atoms with van der Waals surface area (Å²) in [5.41, 5.74) is -0.356. The van der Waals surface area contributed by atoms with Gasteiger partial charge in [0.15, 0.2) is 0 Å². The van der Waals surface area contributed by atoms with Crippen molar-refractivity contribution in [2.45, 2.75) is 13.0 Å². The van der Waals surface area contributed by atoms with E-state index in [1.54, 1.807) is 13.1 Å². The number of rotatable bonds is 3. The second-order valence-electron chi connectivity index (χ2n) is 3.96. The highest BCUT2D eigenvalue weighted by Crippen LogP contribution is 2.30. The van der Waals surface area contributed by atoms with Crippen LogP contribution in [0.1, 0.15) is 18.7 Å². The number of furan rings is 1. The molecule has 1 atom stereocenters. The molecule has 2 rings (SSSR count). The number of hydrogen-bond acceptors (Lipinski definition) is 2. The average Bonchev–Trinajstić information content (AvgIpc) is 2.76. The van der Waals surface area contributed by atoms with Gasteiger partial charge >= 0.3 is 0 Å². The van der Waals surface area contributed by atoms with E-state index < -0.39 is 17.5 Å². The Morgan fingerprint density at radius 3 is 2.28 bits per heavy atom. The second-order valence-corrected chi connectivity index (χ2v) is 3.96. The fraction of sp³-hybridized carbons (Fsp3) is 0.231. The number of halogens is 3. The summed E-state index contributed by atoms with van der Waals surface area (Å²) in [6, 6.07) is 4.26. The predicted molar refractivity (Wildman–Crippen MR) is 61.5 cm³/mol. The van der Waals surface area contributed by atoms with E-state index in [2.05, 4.69) is 5.32 Å². The summed E-state index contributed by atoms with van der Waals surface area (Å²) in [7, 11) is 1.74. The van der Waals surface area contributed by atoms with Crippen molar-refractivity contribution in [3.05, 3.63) is 47.5 Å². The molecule has 0 fully saturated rings. The lowest BCUT2D eigenvalue weighted by atomic mass is 10.1. The van der Waals surface area contributed by atoms with Gasteiger partial charge in [-0.3, -0.25) is 0 Å². The molecule has 0 amide bonds. The minimum absolute atomic E-state index is 0.0436. The maximum Gasteiger partial charge on any atom is 0.140 e. The Labute approximate surface area is 102 Å². The number of hydrogen-bond donors (Lipinski definition) is 1. The van der Waals surface area contributed by atoms with Crippen LogP contribution in [0.25, 0.3) is 11.3 Å². The highest BCUT2D eigenvalue weighted by Gasteiger charge is 2.18. The van der Waals surface area contributed by atoms with Crippen LogP contribution in [0.15, 0.2) is 28.7 Å². The summed E-state index contributed by atoms with van der Waals surface area (Å²) in [6.45, 7) is 1.85. The maximum atomic E-state index is 13.5. The molecule has 0 aliphatic heterocycles. The first-order valence-electron chi connectivity index (χ1n) is 5.45. The highest BCUT2D eigenvalue weighted by atomic mass is 19.1. The first-order valence-corrected chi connectivity index (χ1v) is 5.45. The normalized spacial score (nSPS) is 12.7. The van der Waals surface area contributed by atoms with E-state index in [9.17, 15) is 13.2 Å². The number of benzene rings is 1. The molecule has 2 aromatic rings. The van der Waals surface area contributed by atoms with Gasteiger partial charge in [-0.25, -0.2) is 13.2 Å². The third-order valence-electron chi connectivity index (χ3n) is 2.74. The van der Waals surface area contributed by atoms with Crippen molar-refractivity contribution in [1.29, 1.82) is 0 Å². The van der Waals surface area contributed by atoms with Gasteiger partial charge in [0, 0.05) is 12.1 Å². The Morgan fingerprint density at radius 1 is 1.11 bits per heavy atom. The molecular formula is C13H12F3NO. The molecule has 0 saturated carbocycles. The summed E-state index contributed by atoms with van der Waals surface area (Å²) < 4.78 is 45.2. The van der Waals surface area contributed by atoms with E-state index in [1.165, 1.54) is 6.07 Å². The van der Waals surface area contributed by atoms with Gasteiger partial charge in [0.1, 0.15) is 29.0 Å². The maximum absolute atomic E-state index is 13.5. The lowest BCUT2D eigenvalue weighted by Gasteiger charge is -2.06. The third-order valence-corrected chi connectivity index (χ3v) is 2.74. The minimum atomic E-state index is -0.981. The Balaban J connectivity index is 2.46. The topological polar surface area (TPSA) is 25.2 Å². The Bertz CT molecular complexity index is 542. The van der Waals surface area contributed by atoms with Gasteiger partial charge in [0.2, 0.25) is 0 Å². The van der Waals surface area contributed by atoms with Crippen LogP contribution in [-0.2, 0) is 0 Å². The fourth-order valence-corrected chi connectivity index (χ4v) is 1.64. The smallest absolute Gasteiger partial charge is 0.140 e. The molecule has 0 saturated heterocycles. The molecule has 1 aromatic heterocycles. The van der Waals surface area contributed by atoms with Crippen molar-refractivity contribution in [3.63, 3.8) is 0 Å². The molecule has 0 spiro atoms. The Kier molecular flexibility index (Phi) is 3.43. The monoisotopic (exact) mass is 255 g/mol. The van der Waals surface area contributed by atoms with Crippen LogP contribution in [0.2, 0.25) is 0 Å². The first-order chi connectivity index (χ1) is 8.52. The van der Waals surface area contributed by atoms with Gasteiger partial charge in [-0.15, -0.1) is 0 Å². The van der Waals surface area contributed by atoms with E-state index in [0.29, 0.717) is 17.9 Å². The zero-order valence-corrected chi connectivity index (χ0v) is 9.93. The van der Waals surface area contributed by atoms with Crippen LogP contribution < -0.4 is 5.32 Å². The lowest BCUT2D eigenvalue weighted by molar-refractivity contribution is 0.452. The summed E-state index contributed by atoms with van der Waals surface area (Å²) in [6.07, 6.45) is 0. The summed E-state index contributed by atoms with van der Waals surface area (Å²) in [5.74, 6) is -2.32. The molecule has 1 N–H and O–H groups in total. The summed E-state index contributed by atoms with van der Waals surface area (Å²) in [5, 5.41) is 2.94. The van der Waals surface area contributed by atoms with E-state index >= 15 is 0 Å². The first kappa shape index (κ1) is 12.7. The average molecular weight is 255 g/mol. The standard InChI is InChI=1S/C13H12F3NO/c1-7(17-2)11-3-4-12(18-11)13-9(15)5-8(14)6-10(13)16/h3-7,17H,1-2H3. The van der Waals surface area contributed by atoms with Gasteiger partial charge in [-0.05, 0) is 26.1 Å². The quantitative estimate of drug-likeness (QED) is 0.905. The minimum Gasteiger partial charge on any atom is -0.459 e. The van der Waals surface area contributed by atoms with Gasteiger partial charge in [-0.2, -0.15) is 0 Å². The molecule has 1 unspecified atom stereocenters. The third kappa shape index (κ3) is 2.26. The van der Waals surface area contributed by atoms with Gasteiger partial charge in [0.05, 0.1) is 11.6 Å². The molecule has 5 heteroatoms. The van der Waals surface area contributed by atoms with Gasteiger partial charge in [0.25, 0.3) is 0 Å². The molecule has 0 aliphatic rings. The van der Waals surface area contributed by atoms with Crippen molar-refractivity contribution < 1.29 is 17.6 Å². The molecular weight excluding hydrogens is 243 g/mol. The Morgan fingerprint density at radius 2 is 1.72 bits per heavy atom. The molecule has 0 aliphatic carbocycles. The molecule has 96 valence electrons. The second kappa shape index (κ2) is 4.86. The van der Waals surface area contributed by atoms with Gasteiger partial charge < -0.3 is 9.73 Å². The predicted octanol–water partition coefficient (Wildman–Crippen LogP) is 3.64. The van der Waals surface area contributed by atoms with Crippen molar-refractivity contribution in [2.24, 2.45) is 0 Å². The SMILES string of the molecule is CNC(C)c1ccc(-c2c(F)cc(F)cc2F)o1. The van der Waals surface area contributed by atoms with Crippen LogP contribution >= 0.6 is 0 Å². The fourth-order valence-electron chi connectivity index (χ4n) is 1.64. The highest BCUT2D eigenvalue weighted by molar-refractivity contribution is 5.59. The molecule has 0 bridgehead atoms. The van der Waals surface area contributed by atoms with Crippen LogP contribution in [0.3, 0.4) is 0 Å². The van der Waals surface area contributed by atoms with E-state index in [4.69, 9.17) is 4.42 Å². The van der Waals surface area contributed by atoms with Crippen molar-refractivity contribution in [2.75, 3.05) is 7.05 Å². The van der Waals surface area contributed by atoms with Crippen LogP contribution in [0, 0.1) is 17.5 Å². The molecule has 0 radical (unpaired) electrons. The van der Waals surface area contributed by atoms with E-state index in [-0.39, 0.29) is 17.4 Å². The van der Waals surface area contributed by atoms with Crippen LogP contribution in [0.5, 0.6) is 0 Å². The molecule has 18 heavy (non-hydrogen) atoms. The zero-order chi connectivity index (χ0) is 13.3. The zero-order valence-electron chi connectivity index (χ0n) is 9.93.